The van der Waals surface area contributed by atoms with Crippen LogP contribution < -0.4 is 19.5 Å². The number of hydrogen-bond acceptors (Lipinski definition) is 6. The van der Waals surface area contributed by atoms with E-state index in [2.05, 4.69) is 25.2 Å². The lowest BCUT2D eigenvalue weighted by atomic mass is 9.94. The molecule has 2 aliphatic heterocycles. The maximum Gasteiger partial charge on any atom is 0.231 e. The highest BCUT2D eigenvalue weighted by Gasteiger charge is 2.28. The Bertz CT molecular complexity index is 1130. The van der Waals surface area contributed by atoms with Crippen molar-refractivity contribution in [1.29, 1.82) is 0 Å². The number of nitrogens with one attached hydrogen (secondary N) is 1. The highest BCUT2D eigenvalue weighted by atomic mass is 19.1. The number of rotatable bonds is 6. The maximum absolute atomic E-state index is 13.6. The van der Waals surface area contributed by atoms with Gasteiger partial charge >= 0.3 is 0 Å². The molecule has 1 atom stereocenters. The smallest absolute Gasteiger partial charge is 0.231 e. The fraction of sp³-hybridized carbons (Fsp3) is 0.400. The van der Waals surface area contributed by atoms with E-state index in [1.807, 2.05) is 18.2 Å². The molecule has 3 aromatic rings. The lowest BCUT2D eigenvalue weighted by molar-refractivity contribution is -0.0630. The van der Waals surface area contributed by atoms with Crippen molar-refractivity contribution in [3.05, 3.63) is 59.4 Å². The molecule has 1 saturated heterocycles. The minimum absolute atomic E-state index is 0.133. The largest absolute Gasteiger partial charge is 0.473 e. The molecule has 0 saturated carbocycles. The number of pyridine rings is 1. The van der Waals surface area contributed by atoms with Gasteiger partial charge in [0.1, 0.15) is 12.4 Å². The van der Waals surface area contributed by atoms with Gasteiger partial charge in [-0.1, -0.05) is 12.1 Å². The molecule has 5 rings (SSSR count). The van der Waals surface area contributed by atoms with Crippen molar-refractivity contribution < 1.29 is 23.3 Å². The zero-order valence-electron chi connectivity index (χ0n) is 18.3. The summed E-state index contributed by atoms with van der Waals surface area (Å²) in [6.07, 6.45) is 1.90. The Hall–Kier alpha value is -2.90. The Balaban J connectivity index is 1.41. The molecular formula is C25H27FN2O4. The Morgan fingerprint density at radius 1 is 1.16 bits per heavy atom. The number of halogens is 1. The molecule has 6 nitrogen and oxygen atoms in total. The first-order valence-corrected chi connectivity index (χ1v) is 10.9. The first kappa shape index (κ1) is 21.0. The maximum atomic E-state index is 13.6. The molecule has 1 unspecified atom stereocenters. The average Bonchev–Trinajstić information content (AvgIpc) is 3.21. The Labute approximate surface area is 186 Å². The van der Waals surface area contributed by atoms with Crippen molar-refractivity contribution in [1.82, 2.24) is 10.3 Å². The van der Waals surface area contributed by atoms with Gasteiger partial charge in [-0.15, -0.1) is 0 Å². The van der Waals surface area contributed by atoms with E-state index in [4.69, 9.17) is 23.9 Å². The van der Waals surface area contributed by atoms with Crippen LogP contribution in [-0.2, 0) is 17.9 Å². The molecule has 3 heterocycles. The summed E-state index contributed by atoms with van der Waals surface area (Å²) in [6, 6.07) is 12.6. The molecule has 1 fully saturated rings. The summed E-state index contributed by atoms with van der Waals surface area (Å²) >= 11 is 0. The number of fused-ring (bicyclic) bond motifs is 2. The second-order valence-electron chi connectivity index (χ2n) is 8.95. The highest BCUT2D eigenvalue weighted by molar-refractivity contribution is 5.84. The molecule has 2 aromatic carbocycles. The molecule has 0 aliphatic carbocycles. The quantitative estimate of drug-likeness (QED) is 0.601. The van der Waals surface area contributed by atoms with Gasteiger partial charge in [-0.3, -0.25) is 0 Å². The highest BCUT2D eigenvalue weighted by Crippen LogP contribution is 2.37. The molecule has 32 heavy (non-hydrogen) atoms. The molecule has 1 aromatic heterocycles. The van der Waals surface area contributed by atoms with E-state index in [1.165, 1.54) is 12.1 Å². The van der Waals surface area contributed by atoms with Gasteiger partial charge in [-0.2, -0.15) is 0 Å². The van der Waals surface area contributed by atoms with E-state index < -0.39 is 0 Å². The molecule has 0 bridgehead atoms. The lowest BCUT2D eigenvalue weighted by Gasteiger charge is -2.36. The van der Waals surface area contributed by atoms with Gasteiger partial charge in [-0.05, 0) is 56.5 Å². The van der Waals surface area contributed by atoms with Crippen LogP contribution in [0.2, 0.25) is 0 Å². The summed E-state index contributed by atoms with van der Waals surface area (Å²) in [6.45, 7) is 6.04. The first-order chi connectivity index (χ1) is 15.4. The summed E-state index contributed by atoms with van der Waals surface area (Å²) in [5.41, 5.74) is 2.32. The molecule has 1 N–H and O–H groups in total. The van der Waals surface area contributed by atoms with Crippen LogP contribution in [0.4, 0.5) is 4.39 Å². The Kier molecular flexibility index (Phi) is 5.61. The van der Waals surface area contributed by atoms with Crippen molar-refractivity contribution in [2.75, 3.05) is 13.4 Å². The Morgan fingerprint density at radius 2 is 2.00 bits per heavy atom. The van der Waals surface area contributed by atoms with E-state index in [0.29, 0.717) is 24.2 Å². The minimum Gasteiger partial charge on any atom is -0.473 e. The molecule has 0 spiro atoms. The first-order valence-electron chi connectivity index (χ1n) is 10.9. The topological polar surface area (TPSA) is 61.8 Å². The van der Waals surface area contributed by atoms with Gasteiger partial charge in [0.25, 0.3) is 0 Å². The van der Waals surface area contributed by atoms with Crippen molar-refractivity contribution in [2.45, 2.75) is 51.5 Å². The fourth-order valence-corrected chi connectivity index (χ4v) is 4.28. The zero-order valence-corrected chi connectivity index (χ0v) is 18.3. The summed E-state index contributed by atoms with van der Waals surface area (Å²) in [7, 11) is 0. The monoisotopic (exact) mass is 438 g/mol. The molecular weight excluding hydrogens is 411 g/mol. The second-order valence-corrected chi connectivity index (χ2v) is 8.95. The summed E-state index contributed by atoms with van der Waals surface area (Å²) in [5.74, 6) is 1.64. The van der Waals surface area contributed by atoms with Crippen LogP contribution in [-0.4, -0.2) is 30.0 Å². The SMILES string of the molecule is CC1(C)CC(NCc2cc3cc4c(cc3nc2OCc2cccc(F)c2)OCO4)CCO1. The van der Waals surface area contributed by atoms with Gasteiger partial charge in [0.2, 0.25) is 12.7 Å². The zero-order chi connectivity index (χ0) is 22.1. The van der Waals surface area contributed by atoms with Crippen LogP contribution in [0.15, 0.2) is 42.5 Å². The third-order valence-electron chi connectivity index (χ3n) is 5.89. The van der Waals surface area contributed by atoms with Gasteiger partial charge in [0.15, 0.2) is 11.5 Å². The third-order valence-corrected chi connectivity index (χ3v) is 5.89. The molecule has 0 radical (unpaired) electrons. The summed E-state index contributed by atoms with van der Waals surface area (Å²) < 4.78 is 36.5. The molecule has 7 heteroatoms. The molecule has 168 valence electrons. The van der Waals surface area contributed by atoms with E-state index >= 15 is 0 Å². The van der Waals surface area contributed by atoms with Crippen molar-refractivity contribution in [2.24, 2.45) is 0 Å². The van der Waals surface area contributed by atoms with Crippen LogP contribution in [0.5, 0.6) is 17.4 Å². The van der Waals surface area contributed by atoms with E-state index in [-0.39, 0.29) is 24.8 Å². The van der Waals surface area contributed by atoms with Crippen molar-refractivity contribution >= 4 is 10.9 Å². The normalized spacial score (nSPS) is 19.3. The number of ether oxygens (including phenoxy) is 4. The van der Waals surface area contributed by atoms with Gasteiger partial charge in [0, 0.05) is 36.2 Å². The van der Waals surface area contributed by atoms with Crippen molar-refractivity contribution in [3.63, 3.8) is 0 Å². The Morgan fingerprint density at radius 3 is 2.81 bits per heavy atom. The minimum atomic E-state index is -0.283. The number of benzene rings is 2. The average molecular weight is 438 g/mol. The third kappa shape index (κ3) is 4.64. The molecule has 0 amide bonds. The van der Waals surface area contributed by atoms with E-state index in [1.54, 1.807) is 6.07 Å². The van der Waals surface area contributed by atoms with E-state index in [0.717, 1.165) is 47.2 Å². The van der Waals surface area contributed by atoms with Crippen LogP contribution in [0, 0.1) is 5.82 Å². The van der Waals surface area contributed by atoms with Gasteiger partial charge in [-0.25, -0.2) is 9.37 Å². The fourth-order valence-electron chi connectivity index (χ4n) is 4.28. The van der Waals surface area contributed by atoms with Crippen LogP contribution in [0.25, 0.3) is 10.9 Å². The number of hydrogen-bond donors (Lipinski definition) is 1. The van der Waals surface area contributed by atoms with Gasteiger partial charge in [0.05, 0.1) is 11.1 Å². The number of aromatic nitrogens is 1. The van der Waals surface area contributed by atoms with E-state index in [9.17, 15) is 4.39 Å². The van der Waals surface area contributed by atoms with Crippen molar-refractivity contribution in [3.8, 4) is 17.4 Å². The standard InChI is InChI=1S/C25H27FN2O4/c1-25(2)12-20(6-7-32-25)27-13-18-9-17-10-22-23(31-15-30-22)11-21(17)28-24(18)29-14-16-4-3-5-19(26)8-16/h3-5,8-11,20,27H,6-7,12-15H2,1-2H3. The summed E-state index contributed by atoms with van der Waals surface area (Å²) in [4.78, 5) is 4.77. The second kappa shape index (κ2) is 8.56. The molecule has 2 aliphatic rings. The summed E-state index contributed by atoms with van der Waals surface area (Å²) in [5, 5.41) is 4.60. The van der Waals surface area contributed by atoms with Crippen LogP contribution in [0.1, 0.15) is 37.8 Å². The predicted molar refractivity (Wildman–Crippen MR) is 118 cm³/mol. The van der Waals surface area contributed by atoms with Crippen LogP contribution >= 0.6 is 0 Å². The van der Waals surface area contributed by atoms with Gasteiger partial charge < -0.3 is 24.3 Å². The predicted octanol–water partition coefficient (Wildman–Crippen LogP) is 4.73. The van der Waals surface area contributed by atoms with Crippen LogP contribution in [0.3, 0.4) is 0 Å². The lowest BCUT2D eigenvalue weighted by Crippen LogP contribution is -2.43. The number of nitrogens with zero attached hydrogens (tertiary/aromatic N) is 1.